The number of nitrogens with two attached hydrogens (primary N) is 1. The first-order valence-corrected chi connectivity index (χ1v) is 9.54. The molecule has 2 heterocycles. The van der Waals surface area contributed by atoms with Crippen molar-refractivity contribution in [2.75, 3.05) is 57.8 Å². The van der Waals surface area contributed by atoms with Crippen LogP contribution in [0.1, 0.15) is 19.3 Å². The Hall–Kier alpha value is -0.500. The Kier molecular flexibility index (Phi) is 9.27. The molecular weight excluding hydrogens is 336 g/mol. The zero-order valence-corrected chi connectivity index (χ0v) is 15.5. The van der Waals surface area contributed by atoms with Crippen LogP contribution in [0, 0.1) is 0 Å². The number of hydrogen-bond donors (Lipinski definition) is 1. The molecule has 2 aliphatic rings. The van der Waals surface area contributed by atoms with E-state index in [-0.39, 0.29) is 24.2 Å². The smallest absolute Gasteiger partial charge is 0.239 e. The summed E-state index contributed by atoms with van der Waals surface area (Å²) in [7, 11) is 0. The van der Waals surface area contributed by atoms with Gasteiger partial charge in [-0.25, -0.2) is 0 Å². The van der Waals surface area contributed by atoms with Gasteiger partial charge in [-0.3, -0.25) is 14.5 Å². The van der Waals surface area contributed by atoms with Gasteiger partial charge in [-0.2, -0.15) is 11.8 Å². The van der Waals surface area contributed by atoms with Gasteiger partial charge in [0.15, 0.2) is 0 Å². The highest BCUT2D eigenvalue weighted by Crippen LogP contribution is 2.10. The van der Waals surface area contributed by atoms with Gasteiger partial charge in [0.2, 0.25) is 11.8 Å². The van der Waals surface area contributed by atoms with Gasteiger partial charge < -0.3 is 15.5 Å². The standard InChI is InChI=1S/C15H28N4O2S.ClH/c1-22-11-4-13(16)15(21)19-9-7-18(8-10-19)14(20)12-17-5-2-3-6-17;/h13H,2-12,16H2,1H3;1H/t13-;/m0./s1. The van der Waals surface area contributed by atoms with Crippen molar-refractivity contribution in [2.45, 2.75) is 25.3 Å². The van der Waals surface area contributed by atoms with Crippen LogP contribution >= 0.6 is 24.2 Å². The number of nitrogens with zero attached hydrogens (tertiary/aromatic N) is 3. The molecule has 0 bridgehead atoms. The Morgan fingerprint density at radius 2 is 1.61 bits per heavy atom. The molecule has 8 heteroatoms. The van der Waals surface area contributed by atoms with Crippen LogP contribution in [-0.4, -0.2) is 90.4 Å². The summed E-state index contributed by atoms with van der Waals surface area (Å²) in [5.41, 5.74) is 5.95. The molecule has 0 saturated carbocycles. The fourth-order valence-electron chi connectivity index (χ4n) is 3.01. The molecule has 0 aromatic heterocycles. The first kappa shape index (κ1) is 20.5. The predicted octanol–water partition coefficient (Wildman–Crippen LogP) is 0.255. The molecule has 0 aliphatic carbocycles. The van der Waals surface area contributed by atoms with Gasteiger partial charge in [0.25, 0.3) is 0 Å². The minimum atomic E-state index is -0.403. The van der Waals surface area contributed by atoms with E-state index in [2.05, 4.69) is 4.90 Å². The number of amides is 2. The second-order valence-corrected chi connectivity index (χ2v) is 7.06. The summed E-state index contributed by atoms with van der Waals surface area (Å²) in [4.78, 5) is 30.4. The second kappa shape index (κ2) is 10.4. The number of halogens is 1. The molecule has 2 amide bonds. The molecule has 0 aromatic carbocycles. The topological polar surface area (TPSA) is 69.9 Å². The number of piperazine rings is 1. The summed E-state index contributed by atoms with van der Waals surface area (Å²) >= 11 is 1.71. The van der Waals surface area contributed by atoms with Gasteiger partial charge in [-0.05, 0) is 44.4 Å². The van der Waals surface area contributed by atoms with Crippen LogP contribution in [0.25, 0.3) is 0 Å². The lowest BCUT2D eigenvalue weighted by atomic mass is 10.2. The quantitative estimate of drug-likeness (QED) is 0.732. The van der Waals surface area contributed by atoms with Crippen LogP contribution in [0.4, 0.5) is 0 Å². The molecule has 0 radical (unpaired) electrons. The van der Waals surface area contributed by atoms with Crippen LogP contribution in [-0.2, 0) is 9.59 Å². The Labute approximate surface area is 149 Å². The summed E-state index contributed by atoms with van der Waals surface area (Å²) in [6.45, 7) is 5.08. The third-order valence-electron chi connectivity index (χ3n) is 4.45. The van der Waals surface area contributed by atoms with E-state index >= 15 is 0 Å². The summed E-state index contributed by atoms with van der Waals surface area (Å²) in [5.74, 6) is 1.13. The zero-order chi connectivity index (χ0) is 15.9. The highest BCUT2D eigenvalue weighted by Gasteiger charge is 2.27. The fraction of sp³-hybridized carbons (Fsp3) is 0.867. The molecule has 2 N–H and O–H groups in total. The normalized spacial score (nSPS) is 20.3. The predicted molar refractivity (Wildman–Crippen MR) is 97.1 cm³/mol. The largest absolute Gasteiger partial charge is 0.338 e. The summed E-state index contributed by atoms with van der Waals surface area (Å²) < 4.78 is 0. The lowest BCUT2D eigenvalue weighted by molar-refractivity contribution is -0.140. The van der Waals surface area contributed by atoms with Crippen molar-refractivity contribution < 1.29 is 9.59 Å². The lowest BCUT2D eigenvalue weighted by Gasteiger charge is -2.36. The van der Waals surface area contributed by atoms with Crippen molar-refractivity contribution in [3.63, 3.8) is 0 Å². The molecule has 0 spiro atoms. The number of thioether (sulfide) groups is 1. The third-order valence-corrected chi connectivity index (χ3v) is 5.10. The van der Waals surface area contributed by atoms with E-state index < -0.39 is 6.04 Å². The Balaban J connectivity index is 0.00000264. The number of rotatable bonds is 6. The second-order valence-electron chi connectivity index (χ2n) is 6.08. The molecular formula is C15H29ClN4O2S. The van der Waals surface area contributed by atoms with Crippen molar-refractivity contribution in [3.8, 4) is 0 Å². The Morgan fingerprint density at radius 3 is 2.17 bits per heavy atom. The first-order valence-electron chi connectivity index (χ1n) is 8.15. The molecule has 2 fully saturated rings. The monoisotopic (exact) mass is 364 g/mol. The van der Waals surface area contributed by atoms with E-state index in [0.29, 0.717) is 39.1 Å². The van der Waals surface area contributed by atoms with E-state index in [9.17, 15) is 9.59 Å². The maximum absolute atomic E-state index is 12.3. The highest BCUT2D eigenvalue weighted by atomic mass is 35.5. The van der Waals surface area contributed by atoms with Gasteiger partial charge in [-0.15, -0.1) is 12.4 Å². The number of likely N-dealkylation sites (tertiary alicyclic amines) is 1. The lowest BCUT2D eigenvalue weighted by Crippen LogP contribution is -2.55. The maximum atomic E-state index is 12.3. The van der Waals surface area contributed by atoms with Crippen molar-refractivity contribution in [1.82, 2.24) is 14.7 Å². The van der Waals surface area contributed by atoms with E-state index in [1.165, 1.54) is 12.8 Å². The molecule has 134 valence electrons. The number of carbonyl (C=O) groups excluding carboxylic acids is 2. The minimum Gasteiger partial charge on any atom is -0.338 e. The number of carbonyl (C=O) groups is 2. The summed E-state index contributed by atoms with van der Waals surface area (Å²) in [5, 5.41) is 0. The van der Waals surface area contributed by atoms with Crippen molar-refractivity contribution >= 4 is 36.0 Å². The van der Waals surface area contributed by atoms with Crippen molar-refractivity contribution in [3.05, 3.63) is 0 Å². The van der Waals surface area contributed by atoms with Crippen LogP contribution in [0.15, 0.2) is 0 Å². The van der Waals surface area contributed by atoms with Crippen molar-refractivity contribution in [2.24, 2.45) is 5.73 Å². The van der Waals surface area contributed by atoms with Gasteiger partial charge in [-0.1, -0.05) is 0 Å². The molecule has 2 rings (SSSR count). The van der Waals surface area contributed by atoms with Crippen LogP contribution in [0.3, 0.4) is 0 Å². The molecule has 23 heavy (non-hydrogen) atoms. The minimum absolute atomic E-state index is 0. The summed E-state index contributed by atoms with van der Waals surface area (Å²) in [6, 6.07) is -0.403. The van der Waals surface area contributed by atoms with Gasteiger partial charge in [0.1, 0.15) is 0 Å². The molecule has 6 nitrogen and oxygen atoms in total. The van der Waals surface area contributed by atoms with Gasteiger partial charge in [0, 0.05) is 26.2 Å². The molecule has 2 aliphatic heterocycles. The van der Waals surface area contributed by atoms with Crippen LogP contribution in [0.5, 0.6) is 0 Å². The van der Waals surface area contributed by atoms with E-state index in [1.54, 1.807) is 11.8 Å². The van der Waals surface area contributed by atoms with Gasteiger partial charge >= 0.3 is 0 Å². The van der Waals surface area contributed by atoms with E-state index in [1.807, 2.05) is 16.1 Å². The SMILES string of the molecule is CSCC[C@H](N)C(=O)N1CCN(C(=O)CN2CCCC2)CC1.Cl. The van der Waals surface area contributed by atoms with E-state index in [4.69, 9.17) is 5.73 Å². The van der Waals surface area contributed by atoms with Crippen LogP contribution < -0.4 is 5.73 Å². The Bertz CT molecular complexity index is 386. The number of hydrogen-bond acceptors (Lipinski definition) is 5. The average molecular weight is 365 g/mol. The van der Waals surface area contributed by atoms with E-state index in [0.717, 1.165) is 18.8 Å². The summed E-state index contributed by atoms with van der Waals surface area (Å²) in [6.07, 6.45) is 5.13. The molecule has 1 atom stereocenters. The van der Waals surface area contributed by atoms with Crippen LogP contribution in [0.2, 0.25) is 0 Å². The molecule has 0 aromatic rings. The van der Waals surface area contributed by atoms with Crippen molar-refractivity contribution in [1.29, 1.82) is 0 Å². The maximum Gasteiger partial charge on any atom is 0.239 e. The fourth-order valence-corrected chi connectivity index (χ4v) is 3.50. The van der Waals surface area contributed by atoms with Gasteiger partial charge in [0.05, 0.1) is 12.6 Å². The highest BCUT2D eigenvalue weighted by molar-refractivity contribution is 7.98. The third kappa shape index (κ3) is 6.14. The molecule has 0 unspecified atom stereocenters. The molecule has 2 saturated heterocycles. The zero-order valence-electron chi connectivity index (χ0n) is 13.9. The Morgan fingerprint density at radius 1 is 1.04 bits per heavy atom. The average Bonchev–Trinajstić information content (AvgIpc) is 3.05. The first-order chi connectivity index (χ1) is 10.6.